The molecule has 0 saturated carbocycles. The fourth-order valence-electron chi connectivity index (χ4n) is 3.41. The number of carboxylic acid groups (broad SMARTS) is 1. The van der Waals surface area contributed by atoms with Gasteiger partial charge in [0.25, 0.3) is 0 Å². The minimum atomic E-state index is -1.23. The van der Waals surface area contributed by atoms with E-state index >= 15 is 0 Å². The Morgan fingerprint density at radius 1 is 1.38 bits per heavy atom. The molecule has 1 atom stereocenters. The summed E-state index contributed by atoms with van der Waals surface area (Å²) in [6, 6.07) is 6.39. The number of benzene rings is 1. The van der Waals surface area contributed by atoms with E-state index in [1.807, 2.05) is 6.92 Å². The average Bonchev–Trinajstić information content (AvgIpc) is 2.98. The van der Waals surface area contributed by atoms with Gasteiger partial charge in [-0.05, 0) is 55.5 Å². The maximum atomic E-state index is 14.0. The molecule has 24 heavy (non-hydrogen) atoms. The van der Waals surface area contributed by atoms with Crippen molar-refractivity contribution < 1.29 is 14.3 Å². The second kappa shape index (κ2) is 6.02. The Kier molecular flexibility index (Phi) is 4.18. The molecule has 0 aliphatic heterocycles. The molecule has 1 aliphatic carbocycles. The molecule has 1 aromatic carbocycles. The highest BCUT2D eigenvalue weighted by molar-refractivity contribution is 6.30. The summed E-state index contributed by atoms with van der Waals surface area (Å²) in [4.78, 5) is 16.3. The van der Waals surface area contributed by atoms with Crippen molar-refractivity contribution in [2.75, 3.05) is 0 Å². The zero-order valence-electron chi connectivity index (χ0n) is 13.4. The number of allylic oxidation sites excluding steroid dienone is 1. The van der Waals surface area contributed by atoms with Crippen LogP contribution in [0.1, 0.15) is 35.2 Å². The summed E-state index contributed by atoms with van der Waals surface area (Å²) in [7, 11) is 0. The lowest BCUT2D eigenvalue weighted by molar-refractivity contribution is -0.141. The normalized spacial score (nSPS) is 20.1. The minimum absolute atomic E-state index is 0.373. The number of carbonyl (C=O) groups is 1. The predicted molar refractivity (Wildman–Crippen MR) is 91.6 cm³/mol. The fourth-order valence-corrected chi connectivity index (χ4v) is 3.56. The van der Waals surface area contributed by atoms with Gasteiger partial charge in [0.1, 0.15) is 11.2 Å². The van der Waals surface area contributed by atoms with Crippen molar-refractivity contribution in [3.05, 3.63) is 69.8 Å². The monoisotopic (exact) mass is 345 g/mol. The Balaban J connectivity index is 2.17. The molecular weight excluding hydrogens is 329 g/mol. The van der Waals surface area contributed by atoms with Crippen molar-refractivity contribution in [2.45, 2.75) is 32.1 Å². The summed E-state index contributed by atoms with van der Waals surface area (Å²) < 4.78 is 14.0. The third-order valence-electron chi connectivity index (χ3n) is 4.74. The molecule has 0 fully saturated rings. The number of hydrogen-bond acceptors (Lipinski definition) is 2. The van der Waals surface area contributed by atoms with Crippen molar-refractivity contribution in [3.8, 4) is 0 Å². The van der Waals surface area contributed by atoms with Crippen LogP contribution in [0.3, 0.4) is 0 Å². The van der Waals surface area contributed by atoms with Crippen molar-refractivity contribution in [1.29, 1.82) is 0 Å². The van der Waals surface area contributed by atoms with Gasteiger partial charge < -0.3 is 5.11 Å². The average molecular weight is 346 g/mol. The van der Waals surface area contributed by atoms with Gasteiger partial charge in [0, 0.05) is 17.5 Å². The number of hydrogen-bond donors (Lipinski definition) is 1. The van der Waals surface area contributed by atoms with Crippen LogP contribution in [0.5, 0.6) is 0 Å². The summed E-state index contributed by atoms with van der Waals surface area (Å²) >= 11 is 6.04. The van der Waals surface area contributed by atoms with Gasteiger partial charge in [-0.3, -0.25) is 9.78 Å². The molecule has 0 saturated heterocycles. The minimum Gasteiger partial charge on any atom is -0.480 e. The molecule has 1 aliphatic rings. The largest absolute Gasteiger partial charge is 0.480 e. The Labute approximate surface area is 144 Å². The van der Waals surface area contributed by atoms with Crippen molar-refractivity contribution in [1.82, 2.24) is 4.98 Å². The van der Waals surface area contributed by atoms with E-state index in [1.165, 1.54) is 6.07 Å². The van der Waals surface area contributed by atoms with E-state index in [2.05, 4.69) is 4.98 Å². The van der Waals surface area contributed by atoms with Crippen molar-refractivity contribution >= 4 is 23.1 Å². The third kappa shape index (κ3) is 2.61. The lowest BCUT2D eigenvalue weighted by atomic mass is 9.78. The van der Waals surface area contributed by atoms with E-state index in [0.717, 1.165) is 16.8 Å². The Bertz CT molecular complexity index is 862. The molecule has 0 radical (unpaired) electrons. The van der Waals surface area contributed by atoms with E-state index in [0.29, 0.717) is 29.0 Å². The molecule has 3 rings (SSSR count). The first-order valence-electron chi connectivity index (χ1n) is 7.68. The molecule has 0 spiro atoms. The second-order valence-corrected chi connectivity index (χ2v) is 6.58. The number of aromatic nitrogens is 1. The maximum absolute atomic E-state index is 14.0. The quantitative estimate of drug-likeness (QED) is 0.877. The Morgan fingerprint density at radius 3 is 2.83 bits per heavy atom. The van der Waals surface area contributed by atoms with Crippen LogP contribution in [0.4, 0.5) is 4.39 Å². The number of carboxylic acids is 1. The van der Waals surface area contributed by atoms with Gasteiger partial charge in [0.05, 0.1) is 5.02 Å². The van der Waals surface area contributed by atoms with Gasteiger partial charge >= 0.3 is 5.97 Å². The highest BCUT2D eigenvalue weighted by atomic mass is 35.5. The second-order valence-electron chi connectivity index (χ2n) is 6.14. The molecule has 2 aromatic rings. The van der Waals surface area contributed by atoms with E-state index in [9.17, 15) is 14.3 Å². The molecule has 1 N–H and O–H groups in total. The molecule has 1 unspecified atom stereocenters. The standard InChI is InChI=1S/C19H17ClFNO2/c1-11-16(4-3-5-17(11)21)19(18(23)24)7-6-13(9-19)15-8-14(20)10-22-12(15)2/h3-5,8-10H,6-7H2,1-2H3,(H,23,24). The number of aliphatic carboxylic acids is 1. The number of aryl methyl sites for hydroxylation is 1. The topological polar surface area (TPSA) is 50.2 Å². The van der Waals surface area contributed by atoms with Crippen LogP contribution in [0.15, 0.2) is 36.5 Å². The number of halogens is 2. The van der Waals surface area contributed by atoms with Gasteiger partial charge in [-0.25, -0.2) is 4.39 Å². The molecule has 0 amide bonds. The Hall–Kier alpha value is -2.20. The van der Waals surface area contributed by atoms with Gasteiger partial charge in [0.15, 0.2) is 0 Å². The van der Waals surface area contributed by atoms with Crippen LogP contribution < -0.4 is 0 Å². The maximum Gasteiger partial charge on any atom is 0.318 e. The molecule has 1 heterocycles. The van der Waals surface area contributed by atoms with Gasteiger partial charge in [-0.1, -0.05) is 29.8 Å². The first-order valence-corrected chi connectivity index (χ1v) is 8.06. The highest BCUT2D eigenvalue weighted by Crippen LogP contribution is 2.45. The van der Waals surface area contributed by atoms with Crippen LogP contribution in [0, 0.1) is 19.7 Å². The smallest absolute Gasteiger partial charge is 0.318 e. The van der Waals surface area contributed by atoms with E-state index < -0.39 is 17.2 Å². The first-order chi connectivity index (χ1) is 11.3. The molecule has 3 nitrogen and oxygen atoms in total. The predicted octanol–water partition coefficient (Wildman–Crippen LogP) is 4.69. The Morgan fingerprint density at radius 2 is 2.12 bits per heavy atom. The summed E-state index contributed by atoms with van der Waals surface area (Å²) in [5, 5.41) is 10.4. The van der Waals surface area contributed by atoms with E-state index in [4.69, 9.17) is 11.6 Å². The van der Waals surface area contributed by atoms with Crippen LogP contribution >= 0.6 is 11.6 Å². The van der Waals surface area contributed by atoms with E-state index in [-0.39, 0.29) is 0 Å². The van der Waals surface area contributed by atoms with Crippen molar-refractivity contribution in [3.63, 3.8) is 0 Å². The van der Waals surface area contributed by atoms with Gasteiger partial charge in [-0.2, -0.15) is 0 Å². The first kappa shape index (κ1) is 16.7. The third-order valence-corrected chi connectivity index (χ3v) is 4.95. The summed E-state index contributed by atoms with van der Waals surface area (Å²) in [6.07, 6.45) is 4.26. The number of pyridine rings is 1. The highest BCUT2D eigenvalue weighted by Gasteiger charge is 2.43. The summed E-state index contributed by atoms with van der Waals surface area (Å²) in [5.74, 6) is -1.37. The number of nitrogens with zero attached hydrogens (tertiary/aromatic N) is 1. The SMILES string of the molecule is Cc1ncc(Cl)cc1C1=CC(C(=O)O)(c2cccc(F)c2C)CC1. The van der Waals surface area contributed by atoms with Gasteiger partial charge in [-0.15, -0.1) is 0 Å². The van der Waals surface area contributed by atoms with Crippen molar-refractivity contribution in [2.24, 2.45) is 0 Å². The number of rotatable bonds is 3. The van der Waals surface area contributed by atoms with Crippen LogP contribution in [0.25, 0.3) is 5.57 Å². The fraction of sp³-hybridized carbons (Fsp3) is 0.263. The zero-order chi connectivity index (χ0) is 17.5. The molecule has 124 valence electrons. The lowest BCUT2D eigenvalue weighted by Crippen LogP contribution is -2.32. The van der Waals surface area contributed by atoms with Crippen LogP contribution in [-0.4, -0.2) is 16.1 Å². The molecule has 5 heteroatoms. The molecule has 0 bridgehead atoms. The lowest BCUT2D eigenvalue weighted by Gasteiger charge is -2.24. The molecular formula is C19H17ClFNO2. The molecule has 1 aromatic heterocycles. The van der Waals surface area contributed by atoms with Crippen LogP contribution in [-0.2, 0) is 10.2 Å². The van der Waals surface area contributed by atoms with E-state index in [1.54, 1.807) is 37.4 Å². The summed E-state index contributed by atoms with van der Waals surface area (Å²) in [5.41, 5.74) is 2.17. The summed E-state index contributed by atoms with van der Waals surface area (Å²) in [6.45, 7) is 3.48. The zero-order valence-corrected chi connectivity index (χ0v) is 14.2. The van der Waals surface area contributed by atoms with Gasteiger partial charge in [0.2, 0.25) is 0 Å². The van der Waals surface area contributed by atoms with Crippen LogP contribution in [0.2, 0.25) is 5.02 Å².